The van der Waals surface area contributed by atoms with Crippen molar-refractivity contribution in [3.63, 3.8) is 0 Å². The van der Waals surface area contributed by atoms with Crippen LogP contribution in [0.5, 0.6) is 11.5 Å². The number of phenolic OH excluding ortho intramolecular Hbond substituents is 1. The quantitative estimate of drug-likeness (QED) is 0.468. The number of hydrogen-bond donors (Lipinski definition) is 2. The summed E-state index contributed by atoms with van der Waals surface area (Å²) in [6.07, 6.45) is -0.436. The molecule has 0 aromatic heterocycles. The summed E-state index contributed by atoms with van der Waals surface area (Å²) < 4.78 is 5.87. The minimum absolute atomic E-state index is 0.176. The Morgan fingerprint density at radius 1 is 1.24 bits per heavy atom. The number of carbonyl (C=O) groups excluding carboxylic acids is 1. The fourth-order valence-electron chi connectivity index (χ4n) is 1.95. The maximum absolute atomic E-state index is 11.5. The molecule has 2 aromatic rings. The van der Waals surface area contributed by atoms with Gasteiger partial charge in [-0.15, -0.1) is 0 Å². The van der Waals surface area contributed by atoms with Crippen molar-refractivity contribution in [3.05, 3.63) is 33.4 Å². The lowest BCUT2D eigenvalue weighted by Crippen LogP contribution is -2.10. The number of ether oxygens (including phenoxy) is 1. The molecule has 2 aromatic carbocycles. The average Bonchev–Trinajstić information content (AvgIpc) is 2.43. The third kappa shape index (κ3) is 3.63. The first-order chi connectivity index (χ1) is 9.88. The molecule has 6 heteroatoms. The van der Waals surface area contributed by atoms with E-state index in [9.17, 15) is 14.7 Å². The normalized spacial score (nSPS) is 10.6. The minimum atomic E-state index is -1.04. The van der Waals surface area contributed by atoms with E-state index >= 15 is 0 Å². The Balaban J connectivity index is 2.27. The van der Waals surface area contributed by atoms with Crippen LogP contribution in [0.15, 0.2) is 24.3 Å². The largest absolute Gasteiger partial charge is 0.507 e. The molecular weight excluding hydrogens is 387 g/mol. The molecule has 0 spiro atoms. The van der Waals surface area contributed by atoms with Crippen molar-refractivity contribution < 1.29 is 24.5 Å². The molecule has 0 heterocycles. The number of aryl methyl sites for hydroxylation is 1. The number of carbonyl (C=O) groups is 2. The van der Waals surface area contributed by atoms with Gasteiger partial charge in [0.15, 0.2) is 0 Å². The van der Waals surface area contributed by atoms with E-state index in [1.54, 1.807) is 25.1 Å². The van der Waals surface area contributed by atoms with Crippen LogP contribution in [0, 0.1) is 10.5 Å². The zero-order valence-electron chi connectivity index (χ0n) is 11.2. The van der Waals surface area contributed by atoms with Gasteiger partial charge in [0, 0.05) is 0 Å². The Morgan fingerprint density at radius 3 is 2.62 bits per heavy atom. The Kier molecular flexibility index (Phi) is 4.66. The van der Waals surface area contributed by atoms with Gasteiger partial charge in [-0.25, -0.2) is 0 Å². The van der Waals surface area contributed by atoms with Crippen molar-refractivity contribution in [3.8, 4) is 11.5 Å². The van der Waals surface area contributed by atoms with E-state index in [4.69, 9.17) is 9.84 Å². The second-order valence-corrected chi connectivity index (χ2v) is 5.74. The molecule has 5 nitrogen and oxygen atoms in total. The van der Waals surface area contributed by atoms with Crippen molar-refractivity contribution in [2.75, 3.05) is 0 Å². The molecule has 0 atom stereocenters. The van der Waals surface area contributed by atoms with Gasteiger partial charge in [-0.3, -0.25) is 9.59 Å². The van der Waals surface area contributed by atoms with Crippen LogP contribution in [-0.4, -0.2) is 22.2 Å². The summed E-state index contributed by atoms with van der Waals surface area (Å²) in [4.78, 5) is 21.9. The molecule has 21 heavy (non-hydrogen) atoms. The topological polar surface area (TPSA) is 83.8 Å². The van der Waals surface area contributed by atoms with Gasteiger partial charge in [-0.05, 0) is 64.0 Å². The predicted molar refractivity (Wildman–Crippen MR) is 85.6 cm³/mol. The summed E-state index contributed by atoms with van der Waals surface area (Å²) in [5.41, 5.74) is 0.709. The van der Waals surface area contributed by atoms with Crippen LogP contribution in [0.2, 0.25) is 0 Å². The number of benzene rings is 2. The van der Waals surface area contributed by atoms with Crippen LogP contribution >= 0.6 is 22.6 Å². The van der Waals surface area contributed by atoms with E-state index in [0.717, 1.165) is 14.3 Å². The molecule has 0 saturated heterocycles. The van der Waals surface area contributed by atoms with Gasteiger partial charge in [0.2, 0.25) is 0 Å². The van der Waals surface area contributed by atoms with Crippen molar-refractivity contribution in [2.24, 2.45) is 0 Å². The van der Waals surface area contributed by atoms with Crippen LogP contribution in [0.25, 0.3) is 10.8 Å². The Labute approximate surface area is 134 Å². The second-order valence-electron chi connectivity index (χ2n) is 4.58. The SMILES string of the molecule is Cc1c(O)c(I)cc2ccc(OC(=O)CCC(=O)O)cc12. The van der Waals surface area contributed by atoms with Gasteiger partial charge in [-0.2, -0.15) is 0 Å². The summed E-state index contributed by atoms with van der Waals surface area (Å²) in [7, 11) is 0. The maximum atomic E-state index is 11.5. The highest BCUT2D eigenvalue weighted by molar-refractivity contribution is 14.1. The lowest BCUT2D eigenvalue weighted by Gasteiger charge is -2.09. The molecule has 110 valence electrons. The molecule has 0 amide bonds. The molecule has 2 N–H and O–H groups in total. The number of halogens is 1. The van der Waals surface area contributed by atoms with Gasteiger partial charge in [0.25, 0.3) is 0 Å². The van der Waals surface area contributed by atoms with Crippen molar-refractivity contribution in [1.29, 1.82) is 0 Å². The summed E-state index contributed by atoms with van der Waals surface area (Å²) in [6.45, 7) is 1.79. The molecule has 0 aliphatic carbocycles. The molecule has 2 rings (SSSR count). The van der Waals surface area contributed by atoms with Crippen LogP contribution in [-0.2, 0) is 9.59 Å². The fourth-order valence-corrected chi connectivity index (χ4v) is 2.69. The molecule has 0 fully saturated rings. The monoisotopic (exact) mass is 400 g/mol. The van der Waals surface area contributed by atoms with Gasteiger partial charge < -0.3 is 14.9 Å². The van der Waals surface area contributed by atoms with Gasteiger partial charge in [0.1, 0.15) is 11.5 Å². The number of carboxylic acid groups (broad SMARTS) is 1. The van der Waals surface area contributed by atoms with E-state index in [-0.39, 0.29) is 18.6 Å². The second kappa shape index (κ2) is 6.30. The summed E-state index contributed by atoms with van der Waals surface area (Å²) in [5, 5.41) is 20.2. The third-order valence-corrected chi connectivity index (χ3v) is 3.89. The zero-order valence-corrected chi connectivity index (χ0v) is 13.4. The standard InChI is InChI=1S/C15H13IO5/c1-8-11-7-10(21-14(19)5-4-13(17)18)3-2-9(11)6-12(16)15(8)20/h2-3,6-7,20H,4-5H2,1H3,(H,17,18). The first-order valence-corrected chi connectivity index (χ1v) is 7.30. The van der Waals surface area contributed by atoms with E-state index in [2.05, 4.69) is 22.6 Å². The number of fused-ring (bicyclic) bond motifs is 1. The molecule has 0 unspecified atom stereocenters. The molecule has 0 bridgehead atoms. The molecule has 0 saturated carbocycles. The highest BCUT2D eigenvalue weighted by Gasteiger charge is 2.11. The van der Waals surface area contributed by atoms with Crippen LogP contribution in [0.4, 0.5) is 0 Å². The molecule has 0 aliphatic rings. The van der Waals surface area contributed by atoms with E-state index < -0.39 is 11.9 Å². The number of aliphatic carboxylic acids is 1. The average molecular weight is 400 g/mol. The first kappa shape index (κ1) is 15.6. The van der Waals surface area contributed by atoms with Crippen LogP contribution in [0.1, 0.15) is 18.4 Å². The van der Waals surface area contributed by atoms with E-state index in [0.29, 0.717) is 11.3 Å². The lowest BCUT2D eigenvalue weighted by atomic mass is 10.0. The highest BCUT2D eigenvalue weighted by atomic mass is 127. The number of rotatable bonds is 4. The summed E-state index contributed by atoms with van der Waals surface area (Å²) >= 11 is 2.05. The van der Waals surface area contributed by atoms with Gasteiger partial charge >= 0.3 is 11.9 Å². The van der Waals surface area contributed by atoms with Crippen LogP contribution < -0.4 is 4.74 Å². The van der Waals surface area contributed by atoms with Crippen molar-refractivity contribution >= 4 is 45.3 Å². The van der Waals surface area contributed by atoms with Gasteiger partial charge in [-0.1, -0.05) is 6.07 Å². The minimum Gasteiger partial charge on any atom is -0.507 e. The number of carboxylic acids is 1. The van der Waals surface area contributed by atoms with Crippen molar-refractivity contribution in [2.45, 2.75) is 19.8 Å². The number of phenols is 1. The van der Waals surface area contributed by atoms with Crippen LogP contribution in [0.3, 0.4) is 0 Å². The van der Waals surface area contributed by atoms with Gasteiger partial charge in [0.05, 0.1) is 16.4 Å². The first-order valence-electron chi connectivity index (χ1n) is 6.23. The molecule has 0 radical (unpaired) electrons. The summed E-state index contributed by atoms with van der Waals surface area (Å²) in [5.74, 6) is -1.09. The smallest absolute Gasteiger partial charge is 0.311 e. The third-order valence-electron chi connectivity index (χ3n) is 3.07. The van der Waals surface area contributed by atoms with E-state index in [1.807, 2.05) is 6.07 Å². The van der Waals surface area contributed by atoms with Crippen molar-refractivity contribution in [1.82, 2.24) is 0 Å². The summed E-state index contributed by atoms with van der Waals surface area (Å²) in [6, 6.07) is 6.95. The Morgan fingerprint density at radius 2 is 1.95 bits per heavy atom. The zero-order chi connectivity index (χ0) is 15.6. The van der Waals surface area contributed by atoms with E-state index in [1.165, 1.54) is 0 Å². The maximum Gasteiger partial charge on any atom is 0.311 e. The number of hydrogen-bond acceptors (Lipinski definition) is 4. The Bertz CT molecular complexity index is 724. The highest BCUT2D eigenvalue weighted by Crippen LogP contribution is 2.33. The Hall–Kier alpha value is -1.83. The predicted octanol–water partition coefficient (Wildman–Crippen LogP) is 3.23. The molecule has 0 aliphatic heterocycles. The fraction of sp³-hybridized carbons (Fsp3) is 0.200. The lowest BCUT2D eigenvalue weighted by molar-refractivity contribution is -0.142. The number of esters is 1. The number of aromatic hydroxyl groups is 1. The molecular formula is C15H13IO5.